The second-order valence-electron chi connectivity index (χ2n) is 6.24. The number of benzene rings is 1. The number of nitrogens with zero attached hydrogens (tertiary/aromatic N) is 3. The van der Waals surface area contributed by atoms with Gasteiger partial charge >= 0.3 is 0 Å². The highest BCUT2D eigenvalue weighted by molar-refractivity contribution is 5.77. The molecule has 0 N–H and O–H groups in total. The fourth-order valence-electron chi connectivity index (χ4n) is 3.12. The summed E-state index contributed by atoms with van der Waals surface area (Å²) in [6, 6.07) is 8.85. The summed E-state index contributed by atoms with van der Waals surface area (Å²) in [6.07, 6.45) is 2.68. The first-order valence-electron chi connectivity index (χ1n) is 8.49. The number of hydrogen-bond donors (Lipinski definition) is 0. The van der Waals surface area contributed by atoms with Crippen molar-refractivity contribution in [3.8, 4) is 11.8 Å². The Balaban J connectivity index is 1.39. The first-order chi connectivity index (χ1) is 11.7. The van der Waals surface area contributed by atoms with Crippen LogP contribution in [0.25, 0.3) is 0 Å². The minimum atomic E-state index is 0.0103. The maximum absolute atomic E-state index is 12.3. The first kappa shape index (κ1) is 16.7. The minimum absolute atomic E-state index is 0.0103. The summed E-state index contributed by atoms with van der Waals surface area (Å²) in [6.45, 7) is 5.16. The Hall–Kier alpha value is -2.10. The molecule has 2 heterocycles. The van der Waals surface area contributed by atoms with E-state index in [1.807, 2.05) is 4.90 Å². The third-order valence-corrected chi connectivity index (χ3v) is 4.56. The Morgan fingerprint density at radius 3 is 2.62 bits per heavy atom. The van der Waals surface area contributed by atoms with Gasteiger partial charge in [-0.05, 0) is 37.1 Å². The lowest BCUT2D eigenvalue weighted by molar-refractivity contribution is -0.135. The molecular weight excluding hydrogens is 306 g/mol. The third-order valence-electron chi connectivity index (χ3n) is 4.56. The van der Waals surface area contributed by atoms with E-state index in [0.29, 0.717) is 17.4 Å². The summed E-state index contributed by atoms with van der Waals surface area (Å²) in [4.78, 5) is 16.5. The van der Waals surface area contributed by atoms with E-state index in [1.54, 1.807) is 24.3 Å². The molecule has 2 saturated heterocycles. The van der Waals surface area contributed by atoms with Crippen LogP contribution in [0.3, 0.4) is 0 Å². The molecule has 3 rings (SSSR count). The topological polar surface area (TPSA) is 65.8 Å². The van der Waals surface area contributed by atoms with Crippen molar-refractivity contribution in [1.82, 2.24) is 9.80 Å². The summed E-state index contributed by atoms with van der Waals surface area (Å²) < 4.78 is 11.2. The molecule has 0 spiro atoms. The maximum atomic E-state index is 12.3. The van der Waals surface area contributed by atoms with Gasteiger partial charge in [0.2, 0.25) is 0 Å². The van der Waals surface area contributed by atoms with Crippen LogP contribution < -0.4 is 4.74 Å². The van der Waals surface area contributed by atoms with Crippen LogP contribution in [0.5, 0.6) is 5.75 Å². The highest BCUT2D eigenvalue weighted by atomic mass is 16.5. The Bertz CT molecular complexity index is 583. The monoisotopic (exact) mass is 329 g/mol. The lowest BCUT2D eigenvalue weighted by Gasteiger charge is -2.35. The van der Waals surface area contributed by atoms with Crippen LogP contribution in [0.2, 0.25) is 0 Å². The molecule has 0 saturated carbocycles. The zero-order valence-corrected chi connectivity index (χ0v) is 13.8. The average molecular weight is 329 g/mol. The van der Waals surface area contributed by atoms with E-state index in [9.17, 15) is 4.79 Å². The molecule has 0 aromatic heterocycles. The number of rotatable bonds is 5. The van der Waals surface area contributed by atoms with Crippen molar-refractivity contribution in [3.63, 3.8) is 0 Å². The van der Waals surface area contributed by atoms with Gasteiger partial charge in [0.15, 0.2) is 6.61 Å². The number of ether oxygens (including phenoxy) is 2. The van der Waals surface area contributed by atoms with Crippen LogP contribution in [0.4, 0.5) is 0 Å². The van der Waals surface area contributed by atoms with E-state index in [2.05, 4.69) is 11.0 Å². The second kappa shape index (κ2) is 8.13. The van der Waals surface area contributed by atoms with Gasteiger partial charge in [0, 0.05) is 39.3 Å². The van der Waals surface area contributed by atoms with Gasteiger partial charge in [-0.3, -0.25) is 9.69 Å². The normalized spacial score (nSPS) is 21.5. The number of carbonyl (C=O) groups excluding carboxylic acids is 1. The zero-order chi connectivity index (χ0) is 16.8. The predicted molar refractivity (Wildman–Crippen MR) is 88.6 cm³/mol. The molecular formula is C18H23N3O3. The molecule has 1 aromatic rings. The van der Waals surface area contributed by atoms with Crippen LogP contribution in [-0.4, -0.2) is 67.7 Å². The molecule has 0 bridgehead atoms. The molecule has 1 unspecified atom stereocenters. The third kappa shape index (κ3) is 4.47. The number of carbonyl (C=O) groups is 1. The molecule has 1 aromatic carbocycles. The molecule has 6 nitrogen and oxygen atoms in total. The van der Waals surface area contributed by atoms with Gasteiger partial charge in [0.25, 0.3) is 5.91 Å². The highest BCUT2D eigenvalue weighted by Gasteiger charge is 2.24. The Morgan fingerprint density at radius 1 is 1.25 bits per heavy atom. The van der Waals surface area contributed by atoms with Crippen LogP contribution >= 0.6 is 0 Å². The smallest absolute Gasteiger partial charge is 0.260 e. The molecule has 6 heteroatoms. The fraction of sp³-hybridized carbons (Fsp3) is 0.556. The van der Waals surface area contributed by atoms with Crippen LogP contribution in [0.1, 0.15) is 18.4 Å². The largest absolute Gasteiger partial charge is 0.484 e. The molecule has 2 fully saturated rings. The Kier molecular flexibility index (Phi) is 5.68. The Morgan fingerprint density at radius 2 is 2.00 bits per heavy atom. The van der Waals surface area contributed by atoms with Gasteiger partial charge < -0.3 is 14.4 Å². The maximum Gasteiger partial charge on any atom is 0.260 e. The van der Waals surface area contributed by atoms with Crippen LogP contribution in [0.15, 0.2) is 24.3 Å². The lowest BCUT2D eigenvalue weighted by atomic mass is 10.2. The van der Waals surface area contributed by atoms with Gasteiger partial charge in [-0.2, -0.15) is 5.26 Å². The standard InChI is InChI=1S/C18H23N3O3/c19-12-15-3-5-16(6-4-15)24-14-18(22)21-9-7-20(8-10-21)13-17-2-1-11-23-17/h3-6,17H,1-2,7-11,13-14H2. The SMILES string of the molecule is N#Cc1ccc(OCC(=O)N2CCN(CC3CCCO3)CC2)cc1. The van der Waals surface area contributed by atoms with Crippen molar-refractivity contribution in [2.24, 2.45) is 0 Å². The molecule has 128 valence electrons. The number of piperazine rings is 1. The van der Waals surface area contributed by atoms with E-state index >= 15 is 0 Å². The first-order valence-corrected chi connectivity index (χ1v) is 8.49. The number of nitriles is 1. The molecule has 1 amide bonds. The van der Waals surface area contributed by atoms with Crippen LogP contribution in [0, 0.1) is 11.3 Å². The van der Waals surface area contributed by atoms with Gasteiger partial charge in [-0.1, -0.05) is 0 Å². The average Bonchev–Trinajstić information content (AvgIpc) is 3.14. The predicted octanol–water partition coefficient (Wildman–Crippen LogP) is 1.26. The Labute approximate surface area is 142 Å². The molecule has 24 heavy (non-hydrogen) atoms. The van der Waals surface area contributed by atoms with E-state index in [-0.39, 0.29) is 12.5 Å². The number of amides is 1. The van der Waals surface area contributed by atoms with Gasteiger partial charge in [-0.25, -0.2) is 0 Å². The molecule has 0 aliphatic carbocycles. The van der Waals surface area contributed by atoms with E-state index in [1.165, 1.54) is 0 Å². The van der Waals surface area contributed by atoms with Crippen molar-refractivity contribution in [2.75, 3.05) is 45.9 Å². The summed E-state index contributed by atoms with van der Waals surface area (Å²) in [5.41, 5.74) is 0.580. The van der Waals surface area contributed by atoms with Crippen molar-refractivity contribution >= 4 is 5.91 Å². The van der Waals surface area contributed by atoms with Crippen molar-refractivity contribution in [1.29, 1.82) is 5.26 Å². The molecule has 0 radical (unpaired) electrons. The summed E-state index contributed by atoms with van der Waals surface area (Å²) >= 11 is 0. The summed E-state index contributed by atoms with van der Waals surface area (Å²) in [5, 5.41) is 8.76. The zero-order valence-electron chi connectivity index (χ0n) is 13.8. The quantitative estimate of drug-likeness (QED) is 0.814. The molecule has 1 atom stereocenters. The molecule has 2 aliphatic rings. The van der Waals surface area contributed by atoms with E-state index in [0.717, 1.165) is 52.2 Å². The minimum Gasteiger partial charge on any atom is -0.484 e. The fourth-order valence-corrected chi connectivity index (χ4v) is 3.12. The highest BCUT2D eigenvalue weighted by Crippen LogP contribution is 2.15. The second-order valence-corrected chi connectivity index (χ2v) is 6.24. The lowest BCUT2D eigenvalue weighted by Crippen LogP contribution is -2.51. The summed E-state index contributed by atoms with van der Waals surface area (Å²) in [7, 11) is 0. The van der Waals surface area contributed by atoms with E-state index in [4.69, 9.17) is 14.7 Å². The molecule has 2 aliphatic heterocycles. The van der Waals surface area contributed by atoms with Crippen molar-refractivity contribution < 1.29 is 14.3 Å². The van der Waals surface area contributed by atoms with Crippen molar-refractivity contribution in [2.45, 2.75) is 18.9 Å². The summed E-state index contributed by atoms with van der Waals surface area (Å²) in [5.74, 6) is 0.621. The van der Waals surface area contributed by atoms with Crippen molar-refractivity contribution in [3.05, 3.63) is 29.8 Å². The van der Waals surface area contributed by atoms with Gasteiger partial charge in [0.1, 0.15) is 5.75 Å². The number of hydrogen-bond acceptors (Lipinski definition) is 5. The van der Waals surface area contributed by atoms with Gasteiger partial charge in [0.05, 0.1) is 17.7 Å². The van der Waals surface area contributed by atoms with E-state index < -0.39 is 0 Å². The van der Waals surface area contributed by atoms with Gasteiger partial charge in [-0.15, -0.1) is 0 Å². The van der Waals surface area contributed by atoms with Crippen LogP contribution in [-0.2, 0) is 9.53 Å².